The number of aromatic nitrogens is 1. The minimum absolute atomic E-state index is 0.133. The fourth-order valence-electron chi connectivity index (χ4n) is 1.95. The van der Waals surface area contributed by atoms with Crippen LogP contribution in [0.15, 0.2) is 42.6 Å². The Labute approximate surface area is 160 Å². The number of halogens is 2. The van der Waals surface area contributed by atoms with Gasteiger partial charge in [-0.1, -0.05) is 41.4 Å². The number of esters is 1. The lowest BCUT2D eigenvalue weighted by Gasteiger charge is -2.12. The molecule has 0 aliphatic carbocycles. The van der Waals surface area contributed by atoms with Crippen molar-refractivity contribution in [2.75, 3.05) is 12.4 Å². The Hall–Kier alpha value is -2.57. The van der Waals surface area contributed by atoms with Crippen molar-refractivity contribution in [3.63, 3.8) is 0 Å². The molecule has 1 amide bonds. The minimum Gasteiger partial charge on any atom is -0.496 e. The Kier molecular flexibility index (Phi) is 7.00. The summed E-state index contributed by atoms with van der Waals surface area (Å²) in [5, 5.41) is 3.00. The van der Waals surface area contributed by atoms with Crippen LogP contribution in [0.5, 0.6) is 5.75 Å². The molecule has 1 aromatic carbocycles. The Bertz CT molecular complexity index is 840. The molecule has 0 spiro atoms. The molecule has 6 nitrogen and oxygen atoms in total. The maximum atomic E-state index is 12.1. The summed E-state index contributed by atoms with van der Waals surface area (Å²) in [5.74, 6) is -0.492. The van der Waals surface area contributed by atoms with E-state index in [9.17, 15) is 9.59 Å². The van der Waals surface area contributed by atoms with Gasteiger partial charge in [0.15, 0.2) is 11.9 Å². The van der Waals surface area contributed by atoms with Crippen LogP contribution in [0, 0.1) is 0 Å². The Morgan fingerprint density at radius 2 is 2.00 bits per heavy atom. The van der Waals surface area contributed by atoms with Crippen LogP contribution in [0.2, 0.25) is 10.0 Å². The minimum atomic E-state index is -1.04. The molecule has 0 aliphatic rings. The molecule has 0 saturated carbocycles. The van der Waals surface area contributed by atoms with Crippen molar-refractivity contribution in [2.45, 2.75) is 13.0 Å². The number of amides is 1. The van der Waals surface area contributed by atoms with E-state index < -0.39 is 18.0 Å². The molecule has 1 heterocycles. The molecule has 0 saturated heterocycles. The highest BCUT2D eigenvalue weighted by atomic mass is 35.5. The summed E-state index contributed by atoms with van der Waals surface area (Å²) in [6.45, 7) is 1.44. The highest BCUT2D eigenvalue weighted by molar-refractivity contribution is 6.36. The normalized spacial score (nSPS) is 11.8. The first-order valence-corrected chi connectivity index (χ1v) is 8.30. The van der Waals surface area contributed by atoms with Gasteiger partial charge in [0, 0.05) is 17.8 Å². The second-order valence-corrected chi connectivity index (χ2v) is 5.97. The number of hydrogen-bond acceptors (Lipinski definition) is 5. The van der Waals surface area contributed by atoms with Gasteiger partial charge in [0.1, 0.15) is 5.75 Å². The molecule has 26 heavy (non-hydrogen) atoms. The Balaban J connectivity index is 1.95. The van der Waals surface area contributed by atoms with E-state index in [4.69, 9.17) is 32.7 Å². The van der Waals surface area contributed by atoms with Crippen LogP contribution in [-0.2, 0) is 14.3 Å². The number of nitrogens with zero attached hydrogens (tertiary/aromatic N) is 1. The lowest BCUT2D eigenvalue weighted by atomic mass is 10.2. The zero-order chi connectivity index (χ0) is 19.1. The van der Waals surface area contributed by atoms with Crippen LogP contribution in [0.25, 0.3) is 6.08 Å². The van der Waals surface area contributed by atoms with E-state index in [2.05, 4.69) is 10.3 Å². The number of benzene rings is 1. The molecule has 0 bridgehead atoms. The molecule has 1 aromatic heterocycles. The monoisotopic (exact) mass is 394 g/mol. The maximum absolute atomic E-state index is 12.1. The molecule has 8 heteroatoms. The zero-order valence-electron chi connectivity index (χ0n) is 14.0. The van der Waals surface area contributed by atoms with Crippen LogP contribution in [0.1, 0.15) is 12.5 Å². The van der Waals surface area contributed by atoms with Crippen LogP contribution in [-0.4, -0.2) is 30.1 Å². The number of pyridine rings is 1. The fourth-order valence-corrected chi connectivity index (χ4v) is 2.38. The summed E-state index contributed by atoms with van der Waals surface area (Å²) in [4.78, 5) is 27.9. The van der Waals surface area contributed by atoms with Crippen LogP contribution >= 0.6 is 23.2 Å². The number of hydrogen-bond donors (Lipinski definition) is 1. The van der Waals surface area contributed by atoms with E-state index in [-0.39, 0.29) is 10.8 Å². The molecule has 2 aromatic rings. The van der Waals surface area contributed by atoms with Crippen molar-refractivity contribution in [3.8, 4) is 5.75 Å². The molecule has 136 valence electrons. The third-order valence-corrected chi connectivity index (χ3v) is 3.74. The molecule has 1 N–H and O–H groups in total. The number of anilines is 1. The first kappa shape index (κ1) is 19.8. The van der Waals surface area contributed by atoms with Crippen LogP contribution in [0.4, 0.5) is 5.82 Å². The van der Waals surface area contributed by atoms with E-state index in [1.807, 2.05) is 12.1 Å². The maximum Gasteiger partial charge on any atom is 0.331 e. The van der Waals surface area contributed by atoms with Crippen molar-refractivity contribution >= 4 is 47.0 Å². The third kappa shape index (κ3) is 5.47. The predicted molar refractivity (Wildman–Crippen MR) is 100 cm³/mol. The molecular weight excluding hydrogens is 379 g/mol. The quantitative estimate of drug-likeness (QED) is 0.592. The summed E-state index contributed by atoms with van der Waals surface area (Å²) in [6.07, 6.45) is 3.06. The van der Waals surface area contributed by atoms with Gasteiger partial charge >= 0.3 is 5.97 Å². The number of para-hydroxylation sites is 1. The van der Waals surface area contributed by atoms with Crippen molar-refractivity contribution in [1.82, 2.24) is 4.98 Å². The van der Waals surface area contributed by atoms with E-state index in [1.165, 1.54) is 32.4 Å². The van der Waals surface area contributed by atoms with Crippen molar-refractivity contribution in [3.05, 3.63) is 58.2 Å². The number of nitrogens with one attached hydrogen (secondary N) is 1. The van der Waals surface area contributed by atoms with E-state index in [0.717, 1.165) is 0 Å². The second-order valence-electron chi connectivity index (χ2n) is 5.13. The topological polar surface area (TPSA) is 77.5 Å². The summed E-state index contributed by atoms with van der Waals surface area (Å²) >= 11 is 11.7. The first-order valence-electron chi connectivity index (χ1n) is 7.54. The molecule has 0 radical (unpaired) electrons. The van der Waals surface area contributed by atoms with Gasteiger partial charge in [-0.2, -0.15) is 0 Å². The van der Waals surface area contributed by atoms with Gasteiger partial charge in [0.25, 0.3) is 5.91 Å². The SMILES string of the molecule is COc1ccccc1/C=C/C(=O)O[C@@H](C)C(=O)Nc1ncc(Cl)cc1Cl. The van der Waals surface area contributed by atoms with Crippen LogP contribution < -0.4 is 10.1 Å². The highest BCUT2D eigenvalue weighted by Crippen LogP contribution is 2.23. The van der Waals surface area contributed by atoms with Gasteiger partial charge in [0.2, 0.25) is 0 Å². The number of methoxy groups -OCH3 is 1. The van der Waals surface area contributed by atoms with Gasteiger partial charge < -0.3 is 14.8 Å². The van der Waals surface area contributed by atoms with Crippen molar-refractivity contribution in [2.24, 2.45) is 0 Å². The zero-order valence-corrected chi connectivity index (χ0v) is 15.5. The smallest absolute Gasteiger partial charge is 0.331 e. The van der Waals surface area contributed by atoms with Crippen molar-refractivity contribution in [1.29, 1.82) is 0 Å². The second kappa shape index (κ2) is 9.22. The molecule has 0 unspecified atom stereocenters. The average Bonchev–Trinajstić information content (AvgIpc) is 2.62. The number of carbonyl (C=O) groups excluding carboxylic acids is 2. The van der Waals surface area contributed by atoms with Gasteiger partial charge in [0.05, 0.1) is 17.2 Å². The van der Waals surface area contributed by atoms with Gasteiger partial charge in [-0.15, -0.1) is 0 Å². The van der Waals surface area contributed by atoms with Gasteiger partial charge in [-0.05, 0) is 25.1 Å². The van der Waals surface area contributed by atoms with Crippen molar-refractivity contribution < 1.29 is 19.1 Å². The van der Waals surface area contributed by atoms with Gasteiger partial charge in [-0.3, -0.25) is 4.79 Å². The highest BCUT2D eigenvalue weighted by Gasteiger charge is 2.18. The fraction of sp³-hybridized carbons (Fsp3) is 0.167. The van der Waals surface area contributed by atoms with E-state index >= 15 is 0 Å². The average molecular weight is 395 g/mol. The van der Waals surface area contributed by atoms with E-state index in [1.54, 1.807) is 18.2 Å². The summed E-state index contributed by atoms with van der Waals surface area (Å²) < 4.78 is 10.3. The first-order chi connectivity index (χ1) is 12.4. The molecule has 2 rings (SSSR count). The number of carbonyl (C=O) groups is 2. The Morgan fingerprint density at radius 1 is 1.27 bits per heavy atom. The standard InChI is InChI=1S/C18H16Cl2N2O4/c1-11(18(24)22-17-14(20)9-13(19)10-21-17)26-16(23)8-7-12-5-3-4-6-15(12)25-2/h3-11H,1-2H3,(H,21,22,24)/b8-7+/t11-/m0/s1. The third-order valence-electron chi connectivity index (χ3n) is 3.25. The lowest BCUT2D eigenvalue weighted by Crippen LogP contribution is -2.29. The molecule has 0 fully saturated rings. The number of rotatable bonds is 6. The summed E-state index contributed by atoms with van der Waals surface area (Å²) in [5.41, 5.74) is 0.709. The number of ether oxygens (including phenoxy) is 2. The van der Waals surface area contributed by atoms with Crippen LogP contribution in [0.3, 0.4) is 0 Å². The lowest BCUT2D eigenvalue weighted by molar-refractivity contribution is -0.148. The Morgan fingerprint density at radius 3 is 2.69 bits per heavy atom. The molecular formula is C18H16Cl2N2O4. The van der Waals surface area contributed by atoms with E-state index in [0.29, 0.717) is 16.3 Å². The predicted octanol–water partition coefficient (Wildman–Crippen LogP) is 3.98. The van der Waals surface area contributed by atoms with Gasteiger partial charge in [-0.25, -0.2) is 9.78 Å². The molecule has 0 aliphatic heterocycles. The molecule has 1 atom stereocenters. The summed E-state index contributed by atoms with van der Waals surface area (Å²) in [7, 11) is 1.54. The largest absolute Gasteiger partial charge is 0.496 e. The summed E-state index contributed by atoms with van der Waals surface area (Å²) in [6, 6.07) is 8.62.